The van der Waals surface area contributed by atoms with Crippen molar-refractivity contribution >= 4 is 33.4 Å². The van der Waals surface area contributed by atoms with E-state index < -0.39 is 33.7 Å². The second-order valence-corrected chi connectivity index (χ2v) is 10.7. The molecule has 0 spiro atoms. The van der Waals surface area contributed by atoms with Gasteiger partial charge in [-0.1, -0.05) is 17.7 Å². The van der Waals surface area contributed by atoms with E-state index in [9.17, 15) is 26.4 Å². The lowest BCUT2D eigenvalue weighted by Crippen LogP contribution is -2.34. The topological polar surface area (TPSA) is 96.8 Å². The third kappa shape index (κ3) is 6.24. The molecule has 1 N–H and O–H groups in total. The SMILES string of the molecule is CN1CCCN(S(=O)(=O)c2cccc(NC(=O)Oc3cnn(-c4ccc(Cl)cc4)c3C(F)(F)F)c2)CC1. The van der Waals surface area contributed by atoms with Gasteiger partial charge in [0.05, 0.1) is 16.8 Å². The number of amides is 1. The first kappa shape index (κ1) is 26.9. The number of hydrogen-bond donors (Lipinski definition) is 1. The molecule has 0 aliphatic carbocycles. The lowest BCUT2D eigenvalue weighted by Gasteiger charge is -2.20. The molecule has 14 heteroatoms. The van der Waals surface area contributed by atoms with Crippen LogP contribution in [0.3, 0.4) is 0 Å². The van der Waals surface area contributed by atoms with E-state index in [1.807, 2.05) is 11.9 Å². The third-order valence-electron chi connectivity index (χ3n) is 5.67. The van der Waals surface area contributed by atoms with Crippen molar-refractivity contribution in [3.8, 4) is 11.4 Å². The highest BCUT2D eigenvalue weighted by Crippen LogP contribution is 2.38. The Morgan fingerprint density at radius 2 is 1.81 bits per heavy atom. The number of sulfonamides is 1. The van der Waals surface area contributed by atoms with Crippen LogP contribution in [0.1, 0.15) is 12.1 Å². The molecule has 3 aromatic rings. The first-order chi connectivity index (χ1) is 17.4. The van der Waals surface area contributed by atoms with Crippen LogP contribution in [0, 0.1) is 0 Å². The van der Waals surface area contributed by atoms with Gasteiger partial charge in [-0.25, -0.2) is 17.9 Å². The molecule has 1 aliphatic heterocycles. The third-order valence-corrected chi connectivity index (χ3v) is 7.82. The molecule has 1 saturated heterocycles. The maximum atomic E-state index is 13.8. The molecule has 0 saturated carbocycles. The van der Waals surface area contributed by atoms with Crippen LogP contribution in [0.25, 0.3) is 5.69 Å². The van der Waals surface area contributed by atoms with E-state index in [4.69, 9.17) is 16.3 Å². The number of hydrogen-bond acceptors (Lipinski definition) is 6. The minimum absolute atomic E-state index is 0.0386. The molecule has 0 unspecified atom stereocenters. The van der Waals surface area contributed by atoms with E-state index in [1.165, 1.54) is 52.8 Å². The molecule has 198 valence electrons. The Kier molecular flexibility index (Phi) is 7.78. The molecular weight excluding hydrogens is 535 g/mol. The summed E-state index contributed by atoms with van der Waals surface area (Å²) in [6, 6.07) is 10.9. The van der Waals surface area contributed by atoms with Gasteiger partial charge in [0.15, 0.2) is 11.4 Å². The zero-order chi connectivity index (χ0) is 26.8. The Labute approximate surface area is 216 Å². The number of nitrogens with one attached hydrogen (secondary N) is 1. The Morgan fingerprint density at radius 1 is 1.08 bits per heavy atom. The van der Waals surface area contributed by atoms with Crippen LogP contribution in [-0.2, 0) is 16.2 Å². The minimum atomic E-state index is -4.90. The van der Waals surface area contributed by atoms with Gasteiger partial charge in [0.2, 0.25) is 10.0 Å². The van der Waals surface area contributed by atoms with E-state index in [1.54, 1.807) is 0 Å². The smallest absolute Gasteiger partial charge is 0.406 e. The van der Waals surface area contributed by atoms with Crippen molar-refractivity contribution in [3.05, 3.63) is 65.4 Å². The summed E-state index contributed by atoms with van der Waals surface area (Å²) >= 11 is 5.80. The number of ether oxygens (including phenoxy) is 1. The maximum absolute atomic E-state index is 13.8. The predicted octanol–water partition coefficient (Wildman–Crippen LogP) is 4.48. The minimum Gasteiger partial charge on any atom is -0.406 e. The number of nitrogens with zero attached hydrogens (tertiary/aromatic N) is 4. The van der Waals surface area contributed by atoms with Gasteiger partial charge in [-0.05, 0) is 62.5 Å². The van der Waals surface area contributed by atoms with Crippen molar-refractivity contribution in [2.75, 3.05) is 38.5 Å². The number of carbonyl (C=O) groups is 1. The van der Waals surface area contributed by atoms with E-state index in [0.29, 0.717) is 35.8 Å². The summed E-state index contributed by atoms with van der Waals surface area (Å²) in [5, 5.41) is 6.33. The van der Waals surface area contributed by atoms with Gasteiger partial charge in [0.25, 0.3) is 0 Å². The average molecular weight is 558 g/mol. The average Bonchev–Trinajstić information content (AvgIpc) is 3.12. The van der Waals surface area contributed by atoms with Crippen LogP contribution < -0.4 is 10.1 Å². The normalized spacial score (nSPS) is 15.8. The van der Waals surface area contributed by atoms with E-state index in [2.05, 4.69) is 10.4 Å². The van der Waals surface area contributed by atoms with Crippen molar-refractivity contribution in [1.29, 1.82) is 0 Å². The predicted molar refractivity (Wildman–Crippen MR) is 131 cm³/mol. The zero-order valence-corrected chi connectivity index (χ0v) is 21.1. The monoisotopic (exact) mass is 557 g/mol. The van der Waals surface area contributed by atoms with Gasteiger partial charge in [-0.2, -0.15) is 22.6 Å². The summed E-state index contributed by atoms with van der Waals surface area (Å²) < 4.78 is 74.6. The Bertz CT molecular complexity index is 1380. The summed E-state index contributed by atoms with van der Waals surface area (Å²) in [6.07, 6.45) is -4.70. The summed E-state index contributed by atoms with van der Waals surface area (Å²) in [7, 11) is -1.93. The lowest BCUT2D eigenvalue weighted by atomic mass is 10.3. The first-order valence-corrected chi connectivity index (χ1v) is 13.0. The zero-order valence-electron chi connectivity index (χ0n) is 19.6. The molecule has 1 aromatic heterocycles. The molecule has 9 nitrogen and oxygen atoms in total. The Balaban J connectivity index is 1.53. The van der Waals surface area contributed by atoms with Crippen molar-refractivity contribution < 1.29 is 31.1 Å². The van der Waals surface area contributed by atoms with Crippen LogP contribution in [0.4, 0.5) is 23.7 Å². The standard InChI is InChI=1S/C23H23ClF3N5O4S/c1-30-10-3-11-31(13-12-30)37(34,35)19-5-2-4-17(14-19)29-22(33)36-20-15-28-32(21(20)23(25,26)27)18-8-6-16(24)7-9-18/h2,4-9,14-15H,3,10-13H2,1H3,(H,29,33). The molecule has 37 heavy (non-hydrogen) atoms. The molecule has 0 atom stereocenters. The second kappa shape index (κ2) is 10.7. The van der Waals surface area contributed by atoms with E-state index in [0.717, 1.165) is 12.7 Å². The fourth-order valence-corrected chi connectivity index (χ4v) is 5.48. The van der Waals surface area contributed by atoms with Crippen molar-refractivity contribution in [2.24, 2.45) is 0 Å². The molecule has 0 bridgehead atoms. The van der Waals surface area contributed by atoms with Crippen molar-refractivity contribution in [2.45, 2.75) is 17.5 Å². The number of anilines is 1. The Morgan fingerprint density at radius 3 is 2.51 bits per heavy atom. The molecule has 2 aromatic carbocycles. The number of rotatable bonds is 5. The fraction of sp³-hybridized carbons (Fsp3) is 0.304. The van der Waals surface area contributed by atoms with Crippen molar-refractivity contribution in [3.63, 3.8) is 0 Å². The number of carbonyl (C=O) groups excluding carboxylic acids is 1. The van der Waals surface area contributed by atoms with Crippen LogP contribution >= 0.6 is 11.6 Å². The molecule has 1 amide bonds. The fourth-order valence-electron chi connectivity index (χ4n) is 3.84. The van der Waals surface area contributed by atoms with Crippen LogP contribution in [-0.4, -0.2) is 66.7 Å². The number of alkyl halides is 3. The summed E-state index contributed by atoms with van der Waals surface area (Å²) in [4.78, 5) is 14.5. The summed E-state index contributed by atoms with van der Waals surface area (Å²) in [6.45, 7) is 2.02. The summed E-state index contributed by atoms with van der Waals surface area (Å²) in [5.74, 6) is -0.822. The second-order valence-electron chi connectivity index (χ2n) is 8.35. The van der Waals surface area contributed by atoms with Gasteiger partial charge < -0.3 is 9.64 Å². The number of likely N-dealkylation sites (N-methyl/N-ethyl adjacent to an activating group) is 1. The van der Waals surface area contributed by atoms with E-state index >= 15 is 0 Å². The first-order valence-electron chi connectivity index (χ1n) is 11.1. The van der Waals surface area contributed by atoms with Crippen LogP contribution in [0.5, 0.6) is 5.75 Å². The quantitative estimate of drug-likeness (QED) is 0.497. The molecule has 0 radical (unpaired) electrons. The highest BCUT2D eigenvalue weighted by Gasteiger charge is 2.40. The molecule has 1 fully saturated rings. The van der Waals surface area contributed by atoms with Gasteiger partial charge in [-0.3, -0.25) is 5.32 Å². The molecule has 2 heterocycles. The largest absolute Gasteiger partial charge is 0.437 e. The van der Waals surface area contributed by atoms with E-state index in [-0.39, 0.29) is 16.3 Å². The van der Waals surface area contributed by atoms with Gasteiger partial charge >= 0.3 is 12.3 Å². The van der Waals surface area contributed by atoms with Gasteiger partial charge in [0, 0.05) is 30.3 Å². The van der Waals surface area contributed by atoms with Gasteiger partial charge in [0.1, 0.15) is 0 Å². The maximum Gasteiger partial charge on any atom is 0.437 e. The molecule has 1 aliphatic rings. The summed E-state index contributed by atoms with van der Waals surface area (Å²) in [5.41, 5.74) is -1.20. The Hall–Kier alpha value is -3.13. The lowest BCUT2D eigenvalue weighted by molar-refractivity contribution is -0.143. The number of benzene rings is 2. The molecule has 4 rings (SSSR count). The highest BCUT2D eigenvalue weighted by atomic mass is 35.5. The number of aromatic nitrogens is 2. The molecular formula is C23H23ClF3N5O4S. The van der Waals surface area contributed by atoms with Crippen LogP contribution in [0.15, 0.2) is 59.6 Å². The van der Waals surface area contributed by atoms with Crippen LogP contribution in [0.2, 0.25) is 5.02 Å². The van der Waals surface area contributed by atoms with Gasteiger partial charge in [-0.15, -0.1) is 0 Å². The number of halogens is 4. The van der Waals surface area contributed by atoms with Crippen molar-refractivity contribution in [1.82, 2.24) is 19.0 Å². The highest BCUT2D eigenvalue weighted by molar-refractivity contribution is 7.89.